The Kier molecular flexibility index (Phi) is 7.19. The van der Waals surface area contributed by atoms with Crippen LogP contribution in [0.4, 0.5) is 30.7 Å². The van der Waals surface area contributed by atoms with Crippen LogP contribution in [0.2, 0.25) is 0 Å². The molecule has 4 aliphatic carbocycles. The molecule has 4 fully saturated rings. The zero-order chi connectivity index (χ0) is 30.0. The minimum Gasteiger partial charge on any atom is -0.349 e. The molecule has 7 nitrogen and oxygen atoms in total. The highest BCUT2D eigenvalue weighted by molar-refractivity contribution is 5.82. The fourth-order valence-corrected chi connectivity index (χ4v) is 6.49. The summed E-state index contributed by atoms with van der Waals surface area (Å²) < 4.78 is 94.9. The van der Waals surface area contributed by atoms with Gasteiger partial charge in [-0.3, -0.25) is 9.59 Å². The Bertz CT molecular complexity index is 1340. The molecule has 4 saturated carbocycles. The third-order valence-corrected chi connectivity index (χ3v) is 9.17. The minimum absolute atomic E-state index is 0.0139. The van der Waals surface area contributed by atoms with Crippen molar-refractivity contribution in [3.8, 4) is 0 Å². The summed E-state index contributed by atoms with van der Waals surface area (Å²) in [6, 6.07) is 0.458. The van der Waals surface area contributed by atoms with Gasteiger partial charge in [-0.05, 0) is 61.5 Å². The first-order chi connectivity index (χ1) is 19.7. The first-order valence-electron chi connectivity index (χ1n) is 14.4. The van der Waals surface area contributed by atoms with Gasteiger partial charge in [-0.2, -0.15) is 18.3 Å². The van der Waals surface area contributed by atoms with E-state index in [1.54, 1.807) is 12.3 Å². The van der Waals surface area contributed by atoms with E-state index in [0.717, 1.165) is 12.8 Å². The molecular weight excluding hydrogens is 571 g/mol. The number of carbonyl (C=O) groups excluding carboxylic acids is 2. The maximum Gasteiger partial charge on any atom is 0.392 e. The Morgan fingerprint density at radius 3 is 2.24 bits per heavy atom. The van der Waals surface area contributed by atoms with Crippen LogP contribution in [-0.4, -0.2) is 44.4 Å². The van der Waals surface area contributed by atoms with Crippen LogP contribution in [0, 0.1) is 29.6 Å². The molecule has 0 saturated heterocycles. The van der Waals surface area contributed by atoms with E-state index in [1.807, 2.05) is 0 Å². The second kappa shape index (κ2) is 10.4. The van der Waals surface area contributed by atoms with Crippen molar-refractivity contribution in [2.24, 2.45) is 29.6 Å². The number of rotatable bonds is 9. The number of imidazole rings is 1. The average Bonchev–Trinajstić information content (AvgIpc) is 3.80. The second-order valence-electron chi connectivity index (χ2n) is 12.6. The van der Waals surface area contributed by atoms with E-state index in [0.29, 0.717) is 16.9 Å². The lowest BCUT2D eigenvalue weighted by molar-refractivity contribution is -0.155. The summed E-state index contributed by atoms with van der Waals surface area (Å²) in [5.41, 5.74) is 1.34. The van der Waals surface area contributed by atoms with Crippen LogP contribution in [0.1, 0.15) is 87.5 Å². The number of carbonyl (C=O) groups is 2. The Labute approximate surface area is 237 Å². The molecule has 4 atom stereocenters. The predicted molar refractivity (Wildman–Crippen MR) is 134 cm³/mol. The van der Waals surface area contributed by atoms with E-state index in [-0.39, 0.29) is 62.3 Å². The molecule has 2 heterocycles. The molecular formula is C28H32F7N5O2. The summed E-state index contributed by atoms with van der Waals surface area (Å²) in [6.45, 7) is 0. The van der Waals surface area contributed by atoms with Gasteiger partial charge in [0.05, 0.1) is 42.0 Å². The quantitative estimate of drug-likeness (QED) is 0.349. The van der Waals surface area contributed by atoms with Crippen molar-refractivity contribution in [1.82, 2.24) is 25.2 Å². The molecule has 6 rings (SSSR count). The summed E-state index contributed by atoms with van der Waals surface area (Å²) in [5, 5.41) is 10.0. The summed E-state index contributed by atoms with van der Waals surface area (Å²) in [6.07, 6.45) is -1.18. The molecule has 14 heteroatoms. The molecule has 0 bridgehead atoms. The number of halogens is 7. The highest BCUT2D eigenvalue weighted by atomic mass is 19.4. The van der Waals surface area contributed by atoms with Crippen molar-refractivity contribution in [3.05, 3.63) is 29.7 Å². The van der Waals surface area contributed by atoms with Crippen molar-refractivity contribution >= 4 is 17.5 Å². The smallest absolute Gasteiger partial charge is 0.349 e. The topological polar surface area (TPSA) is 88.4 Å². The number of aromatic nitrogens is 3. The Morgan fingerprint density at radius 1 is 0.976 bits per heavy atom. The lowest BCUT2D eigenvalue weighted by atomic mass is 9.79. The van der Waals surface area contributed by atoms with Gasteiger partial charge in [0.15, 0.2) is 5.65 Å². The molecule has 0 aromatic carbocycles. The summed E-state index contributed by atoms with van der Waals surface area (Å²) in [4.78, 5) is 30.0. The van der Waals surface area contributed by atoms with Crippen molar-refractivity contribution in [1.29, 1.82) is 0 Å². The number of fused-ring (bicyclic) bond motifs is 1. The number of nitrogens with zero attached hydrogens (tertiary/aromatic N) is 3. The van der Waals surface area contributed by atoms with Gasteiger partial charge in [0, 0.05) is 32.1 Å². The second-order valence-corrected chi connectivity index (χ2v) is 12.6. The van der Waals surface area contributed by atoms with Crippen LogP contribution in [0.5, 0.6) is 0 Å². The highest BCUT2D eigenvalue weighted by Crippen LogP contribution is 2.51. The standard InChI is InChI=1S/C28H32F7N5O2/c29-26(30)5-3-16(4-6-26)24(39-25(42)18-9-19(18)28(33,34)35)20-13-40-21(37-20)8-17(12-36-40)23(15-1-2-15)38-22(41)7-14-10-27(31,32)11-14/h8,12-16,18-19,23-24H,1-7,9-11H2,(H,38,41)(H,39,42)/t18-,19-,23+,24-/m0/s1. The fraction of sp³-hybridized carbons (Fsp3) is 0.714. The molecule has 0 unspecified atom stereocenters. The largest absolute Gasteiger partial charge is 0.392 e. The lowest BCUT2D eigenvalue weighted by Gasteiger charge is -2.34. The summed E-state index contributed by atoms with van der Waals surface area (Å²) >= 11 is 0. The Balaban J connectivity index is 1.20. The molecule has 2 N–H and O–H groups in total. The number of amides is 2. The van der Waals surface area contributed by atoms with Gasteiger partial charge in [-0.15, -0.1) is 0 Å². The predicted octanol–water partition coefficient (Wildman–Crippen LogP) is 5.91. The maximum atomic E-state index is 13.9. The average molecular weight is 604 g/mol. The SMILES string of the molecule is O=C(CC1CC(F)(F)C1)N[C@@H](c1cnn2cc([C@@H](NC(=O)[C@H]3C[C@@H]3C(F)(F)F)C3CCC(F)(F)CC3)nc2c1)C1CC1. The van der Waals surface area contributed by atoms with Crippen LogP contribution in [0.15, 0.2) is 18.5 Å². The van der Waals surface area contributed by atoms with Gasteiger partial charge in [-0.1, -0.05) is 0 Å². The van der Waals surface area contributed by atoms with Crippen molar-refractivity contribution < 1.29 is 40.3 Å². The lowest BCUT2D eigenvalue weighted by Crippen LogP contribution is -2.39. The molecule has 2 aromatic rings. The molecule has 4 aliphatic rings. The molecule has 2 amide bonds. The fourth-order valence-electron chi connectivity index (χ4n) is 6.49. The summed E-state index contributed by atoms with van der Waals surface area (Å²) in [5.74, 6) is -10.2. The number of hydrogen-bond donors (Lipinski definition) is 2. The van der Waals surface area contributed by atoms with Crippen LogP contribution in [-0.2, 0) is 9.59 Å². The van der Waals surface area contributed by atoms with E-state index >= 15 is 0 Å². The third kappa shape index (κ3) is 6.36. The minimum atomic E-state index is -4.48. The third-order valence-electron chi connectivity index (χ3n) is 9.17. The zero-order valence-electron chi connectivity index (χ0n) is 22.6. The van der Waals surface area contributed by atoms with Gasteiger partial charge < -0.3 is 10.6 Å². The van der Waals surface area contributed by atoms with Crippen molar-refractivity contribution in [2.75, 3.05) is 0 Å². The van der Waals surface area contributed by atoms with E-state index in [9.17, 15) is 40.3 Å². The van der Waals surface area contributed by atoms with Crippen LogP contribution in [0.3, 0.4) is 0 Å². The number of alkyl halides is 7. The molecule has 230 valence electrons. The van der Waals surface area contributed by atoms with Crippen molar-refractivity contribution in [3.63, 3.8) is 0 Å². The monoisotopic (exact) mass is 603 g/mol. The molecule has 0 spiro atoms. The van der Waals surface area contributed by atoms with Gasteiger partial charge in [-0.25, -0.2) is 27.1 Å². The summed E-state index contributed by atoms with van der Waals surface area (Å²) in [7, 11) is 0. The molecule has 42 heavy (non-hydrogen) atoms. The molecule has 0 aliphatic heterocycles. The first kappa shape index (κ1) is 29.2. The van der Waals surface area contributed by atoms with Gasteiger partial charge in [0.25, 0.3) is 0 Å². The van der Waals surface area contributed by atoms with Gasteiger partial charge in [0.2, 0.25) is 23.7 Å². The number of nitrogens with one attached hydrogen (secondary N) is 2. The van der Waals surface area contributed by atoms with Gasteiger partial charge >= 0.3 is 6.18 Å². The highest BCUT2D eigenvalue weighted by Gasteiger charge is 2.59. The van der Waals surface area contributed by atoms with Gasteiger partial charge in [0.1, 0.15) is 0 Å². The maximum absolute atomic E-state index is 13.9. The Hall–Kier alpha value is -2.93. The van der Waals surface area contributed by atoms with Crippen molar-refractivity contribution in [2.45, 2.75) is 94.3 Å². The molecule has 0 radical (unpaired) electrons. The number of hydrogen-bond acceptors (Lipinski definition) is 4. The van der Waals surface area contributed by atoms with E-state index < -0.39 is 60.6 Å². The van der Waals surface area contributed by atoms with Crippen LogP contribution >= 0.6 is 0 Å². The normalized spacial score (nSPS) is 27.2. The zero-order valence-corrected chi connectivity index (χ0v) is 22.6. The van der Waals surface area contributed by atoms with E-state index in [4.69, 9.17) is 0 Å². The molecule has 2 aromatic heterocycles. The van der Waals surface area contributed by atoms with E-state index in [2.05, 4.69) is 20.7 Å². The van der Waals surface area contributed by atoms with E-state index in [1.165, 1.54) is 10.7 Å². The first-order valence-corrected chi connectivity index (χ1v) is 14.4. The van der Waals surface area contributed by atoms with Crippen LogP contribution in [0.25, 0.3) is 5.65 Å². The Morgan fingerprint density at radius 2 is 1.64 bits per heavy atom. The van der Waals surface area contributed by atoms with Crippen LogP contribution < -0.4 is 10.6 Å².